The van der Waals surface area contributed by atoms with Crippen LogP contribution in [-0.2, 0) is 17.1 Å². The minimum Gasteiger partial charge on any atom is -0.496 e. The summed E-state index contributed by atoms with van der Waals surface area (Å²) in [6, 6.07) is 18.3. The molecule has 0 aliphatic heterocycles. The fraction of sp³-hybridized carbons (Fsp3) is 0.227. The minimum atomic E-state index is -0.872. The Morgan fingerprint density at radius 2 is 1.39 bits per heavy atom. The first kappa shape index (κ1) is 38.1. The number of methoxy groups -OCH3 is 2. The van der Waals surface area contributed by atoms with Crippen molar-refractivity contribution in [2.24, 2.45) is 0 Å². The van der Waals surface area contributed by atoms with E-state index in [-0.39, 0.29) is 22.7 Å². The summed E-state index contributed by atoms with van der Waals surface area (Å²) in [6.07, 6.45) is 18.4. The van der Waals surface area contributed by atoms with Gasteiger partial charge in [-0.2, -0.15) is 24.1 Å². The van der Waals surface area contributed by atoms with Gasteiger partial charge in [0.05, 0.1) is 14.2 Å². The van der Waals surface area contributed by atoms with E-state index < -0.39 is 15.8 Å². The summed E-state index contributed by atoms with van der Waals surface area (Å²) >= 11 is 0. The molecule has 2 atom stereocenters. The summed E-state index contributed by atoms with van der Waals surface area (Å²) in [6.45, 7) is 15.6. The quantitative estimate of drug-likeness (QED) is 0.0949. The Hall–Kier alpha value is -3.67. The van der Waals surface area contributed by atoms with E-state index in [2.05, 4.69) is 169 Å². The predicted octanol–water partition coefficient (Wildman–Crippen LogP) is 9.73. The van der Waals surface area contributed by atoms with E-state index in [4.69, 9.17) is 9.47 Å². The molecule has 3 aliphatic carbocycles. The van der Waals surface area contributed by atoms with Crippen LogP contribution < -0.4 is 25.4 Å². The van der Waals surface area contributed by atoms with Crippen LogP contribution in [0.5, 0.6) is 11.5 Å². The van der Waals surface area contributed by atoms with Crippen molar-refractivity contribution in [2.75, 3.05) is 14.2 Å². The van der Waals surface area contributed by atoms with Gasteiger partial charge in [0.1, 0.15) is 11.5 Å². The summed E-state index contributed by atoms with van der Waals surface area (Å²) in [5, 5.41) is 6.93. The van der Waals surface area contributed by atoms with Gasteiger partial charge in [0, 0.05) is 11.2 Å². The van der Waals surface area contributed by atoms with Gasteiger partial charge < -0.3 is 9.47 Å². The second kappa shape index (κ2) is 17.3. The van der Waals surface area contributed by atoms with Gasteiger partial charge >= 0.3 is 17.1 Å². The van der Waals surface area contributed by atoms with Gasteiger partial charge in [-0.25, -0.2) is 5.73 Å². The Morgan fingerprint density at radius 3 is 1.86 bits per heavy atom. The summed E-state index contributed by atoms with van der Waals surface area (Å²) in [7, 11) is 1.97. The van der Waals surface area contributed by atoms with Crippen LogP contribution in [0.3, 0.4) is 0 Å². The van der Waals surface area contributed by atoms with Crippen LogP contribution in [0.25, 0.3) is 0 Å². The molecule has 5 heteroatoms. The summed E-state index contributed by atoms with van der Waals surface area (Å²) in [5.41, 5.74) is 18.9. The van der Waals surface area contributed by atoms with Crippen molar-refractivity contribution < 1.29 is 26.5 Å². The molecule has 248 valence electrons. The Labute approximate surface area is 307 Å². The van der Waals surface area contributed by atoms with E-state index >= 15 is 0 Å². The molecule has 2 radical (unpaired) electrons. The van der Waals surface area contributed by atoms with Gasteiger partial charge in [-0.15, -0.1) is 29.6 Å². The Bertz CT molecular complexity index is 1900. The largest absolute Gasteiger partial charge is 2.00 e. The zero-order valence-electron chi connectivity index (χ0n) is 29.7. The molecular weight excluding hydrogens is 678 g/mol. The predicted molar refractivity (Wildman–Crippen MR) is 205 cm³/mol. The standard InChI is InChI=1S/C39H42O2P2.C5.Fe/c1-25-15-10-12-18-35(25)42(36-19-13-11-16-26(36)2)31(7)34-17-14-20-37(34)43(32-21-27(3)38(40-8)28(4)22-32)33-23-29(5)39(41-9)30(6)24-33;1-2-4-5-3-1;/h10-16,18-24,31H,1-9H3;;/q2*-1;+2/t31-;;/m1../s1. The average Bonchev–Trinajstić information content (AvgIpc) is 3.79. The molecule has 1 unspecified atom stereocenters. The van der Waals surface area contributed by atoms with Gasteiger partial charge in [-0.05, 0) is 128 Å². The van der Waals surface area contributed by atoms with Crippen LogP contribution in [0.1, 0.15) is 41.7 Å². The third-order valence-electron chi connectivity index (χ3n) is 8.68. The number of hydrogen-bond donors (Lipinski definition) is 0. The maximum atomic E-state index is 5.78. The first-order chi connectivity index (χ1) is 23.2. The number of hydrogen-bond acceptors (Lipinski definition) is 2. The third-order valence-corrected chi connectivity index (χ3v) is 14.2. The fourth-order valence-corrected chi connectivity index (χ4v) is 12.5. The van der Waals surface area contributed by atoms with Crippen molar-refractivity contribution in [3.63, 3.8) is 0 Å². The zero-order valence-corrected chi connectivity index (χ0v) is 32.6. The van der Waals surface area contributed by atoms with E-state index in [1.165, 1.54) is 65.9 Å². The first-order valence-corrected chi connectivity index (χ1v) is 18.8. The smallest absolute Gasteiger partial charge is 0.496 e. The molecule has 0 saturated carbocycles. The van der Waals surface area contributed by atoms with Crippen LogP contribution in [0.15, 0.2) is 118 Å². The van der Waals surface area contributed by atoms with Gasteiger partial charge in [-0.1, -0.05) is 46.0 Å². The normalized spacial score (nSPS) is 15.0. The number of rotatable bonds is 9. The zero-order chi connectivity index (χ0) is 34.4. The van der Waals surface area contributed by atoms with Crippen molar-refractivity contribution >= 4 is 31.8 Å². The molecule has 6 rings (SSSR count). The molecule has 0 N–H and O–H groups in total. The second-order valence-electron chi connectivity index (χ2n) is 12.1. The number of allylic oxidation sites excluding steroid dienone is 9. The first-order valence-electron chi connectivity index (χ1n) is 16.1. The molecule has 3 aliphatic rings. The van der Waals surface area contributed by atoms with Gasteiger partial charge in [0.15, 0.2) is 0 Å². The van der Waals surface area contributed by atoms with Crippen molar-refractivity contribution in [2.45, 2.75) is 54.1 Å². The van der Waals surface area contributed by atoms with Crippen LogP contribution in [0.2, 0.25) is 0 Å². The summed E-state index contributed by atoms with van der Waals surface area (Å²) in [5.74, 6) is 3.28. The monoisotopic (exact) mass is 720 g/mol. The van der Waals surface area contributed by atoms with Gasteiger partial charge in [0.2, 0.25) is 0 Å². The third kappa shape index (κ3) is 8.38. The molecule has 0 amide bonds. The SMILES string of the molecule is COc1c(C)cc(P(C2=CC=C=C2[C@@H](C)P(C2=C[CH]C=C[C-]2C)c2ccccc2C)c2cc(C)c(OC)c(C)c2)cc1C.[C]1=C=C=C=[C-]1.[Fe+2]. The van der Waals surface area contributed by atoms with E-state index in [1.54, 1.807) is 14.2 Å². The molecule has 0 aromatic heterocycles. The molecule has 0 spiro atoms. The van der Waals surface area contributed by atoms with Gasteiger partial charge in [-0.3, -0.25) is 11.5 Å². The minimum absolute atomic E-state index is 0. The van der Waals surface area contributed by atoms with Crippen LogP contribution in [-0.4, -0.2) is 19.9 Å². The number of ether oxygens (including phenoxy) is 2. The second-order valence-corrected chi connectivity index (χ2v) is 16.7. The molecule has 0 saturated heterocycles. The van der Waals surface area contributed by atoms with Crippen molar-refractivity contribution in [3.8, 4) is 11.5 Å². The number of benzene rings is 3. The maximum Gasteiger partial charge on any atom is 2.00 e. The number of aryl methyl sites for hydroxylation is 5. The van der Waals surface area contributed by atoms with Gasteiger partial charge in [0.25, 0.3) is 0 Å². The topological polar surface area (TPSA) is 18.5 Å². The average molecular weight is 721 g/mol. The molecule has 0 bridgehead atoms. The molecular formula is C44H42FeO2P2. The van der Waals surface area contributed by atoms with Crippen LogP contribution >= 0.6 is 15.8 Å². The molecule has 0 fully saturated rings. The van der Waals surface area contributed by atoms with Crippen molar-refractivity contribution in [1.29, 1.82) is 0 Å². The maximum absolute atomic E-state index is 5.78. The molecule has 49 heavy (non-hydrogen) atoms. The van der Waals surface area contributed by atoms with E-state index in [9.17, 15) is 0 Å². The van der Waals surface area contributed by atoms with E-state index in [0.29, 0.717) is 0 Å². The Kier molecular flexibility index (Phi) is 13.5. The molecule has 2 nitrogen and oxygen atoms in total. The van der Waals surface area contributed by atoms with Crippen LogP contribution in [0, 0.1) is 59.1 Å². The summed E-state index contributed by atoms with van der Waals surface area (Å²) < 4.78 is 11.6. The molecule has 3 aromatic rings. The Balaban J connectivity index is 0.000000826. The van der Waals surface area contributed by atoms with Crippen LogP contribution in [0.4, 0.5) is 0 Å². The van der Waals surface area contributed by atoms with E-state index in [1.807, 2.05) is 0 Å². The van der Waals surface area contributed by atoms with Crippen molar-refractivity contribution in [1.82, 2.24) is 0 Å². The van der Waals surface area contributed by atoms with Crippen molar-refractivity contribution in [3.05, 3.63) is 170 Å². The molecule has 0 heterocycles. The Morgan fingerprint density at radius 1 is 0.796 bits per heavy atom. The fourth-order valence-electron chi connectivity index (χ4n) is 6.59. The summed E-state index contributed by atoms with van der Waals surface area (Å²) in [4.78, 5) is 0. The van der Waals surface area contributed by atoms with E-state index in [0.717, 1.165) is 11.5 Å². The molecule has 3 aromatic carbocycles.